The molecule has 2 aromatic carbocycles. The molecule has 0 spiro atoms. The molecule has 3 rings (SSSR count). The largest absolute Gasteiger partial charge is 0.400 e. The predicted molar refractivity (Wildman–Crippen MR) is 84.0 cm³/mol. The summed E-state index contributed by atoms with van der Waals surface area (Å²) >= 11 is 0. The summed E-state index contributed by atoms with van der Waals surface area (Å²) in [6, 6.07) is 21.9. The fourth-order valence-electron chi connectivity index (χ4n) is 2.61. The van der Waals surface area contributed by atoms with Gasteiger partial charge in [-0.25, -0.2) is 0 Å². The van der Waals surface area contributed by atoms with Gasteiger partial charge in [0.05, 0.1) is 6.04 Å². The number of piperazine rings is 1. The molecule has 0 amide bonds. The molecule has 106 valence electrons. The molecule has 1 saturated heterocycles. The number of aliphatic hydroxyl groups is 1. The molecule has 1 fully saturated rings. The molecule has 1 heterocycles. The number of nitrogens with one attached hydrogen (secondary N) is 1. The van der Waals surface area contributed by atoms with Crippen molar-refractivity contribution in [2.45, 2.75) is 6.04 Å². The quantitative estimate of drug-likeness (QED) is 0.880. The van der Waals surface area contributed by atoms with Gasteiger partial charge in [0.25, 0.3) is 0 Å². The highest BCUT2D eigenvalue weighted by Crippen LogP contribution is 2.27. The Balaban J connectivity index is 0.000000704. The van der Waals surface area contributed by atoms with E-state index in [1.807, 2.05) is 0 Å². The van der Waals surface area contributed by atoms with Crippen LogP contribution in [0.25, 0.3) is 0 Å². The maximum atomic E-state index is 7.00. The van der Waals surface area contributed by atoms with Crippen LogP contribution in [0.15, 0.2) is 60.7 Å². The first-order chi connectivity index (χ1) is 9.95. The van der Waals surface area contributed by atoms with E-state index in [0.717, 1.165) is 26.7 Å². The van der Waals surface area contributed by atoms with Gasteiger partial charge in [0.2, 0.25) is 0 Å². The second-order valence-electron chi connectivity index (χ2n) is 4.66. The Morgan fingerprint density at radius 3 is 2.20 bits per heavy atom. The van der Waals surface area contributed by atoms with Gasteiger partial charge in [0.15, 0.2) is 0 Å². The summed E-state index contributed by atoms with van der Waals surface area (Å²) in [5.41, 5.74) is 2.70. The van der Waals surface area contributed by atoms with Crippen molar-refractivity contribution in [3.63, 3.8) is 0 Å². The summed E-state index contributed by atoms with van der Waals surface area (Å²) in [5.74, 6) is 0. The second kappa shape index (κ2) is 7.68. The van der Waals surface area contributed by atoms with Crippen LogP contribution in [0.4, 0.5) is 5.69 Å². The number of aliphatic hydroxyl groups excluding tert-OH is 1. The van der Waals surface area contributed by atoms with E-state index in [4.69, 9.17) is 5.11 Å². The Hall–Kier alpha value is -1.84. The minimum atomic E-state index is 0.433. The molecule has 3 nitrogen and oxygen atoms in total. The first-order valence-electron chi connectivity index (χ1n) is 6.97. The van der Waals surface area contributed by atoms with Gasteiger partial charge in [-0.1, -0.05) is 48.5 Å². The average Bonchev–Trinajstić information content (AvgIpc) is 2.58. The molecule has 0 saturated carbocycles. The molecule has 0 aromatic heterocycles. The molecule has 0 bridgehead atoms. The van der Waals surface area contributed by atoms with E-state index >= 15 is 0 Å². The highest BCUT2D eigenvalue weighted by atomic mass is 16.2. The van der Waals surface area contributed by atoms with Crippen molar-refractivity contribution in [3.05, 3.63) is 66.2 Å². The molecule has 20 heavy (non-hydrogen) atoms. The summed E-state index contributed by atoms with van der Waals surface area (Å²) in [7, 11) is 1.00. The Bertz CT molecular complexity index is 439. The molecule has 1 aliphatic rings. The second-order valence-corrected chi connectivity index (χ2v) is 4.66. The monoisotopic (exact) mass is 270 g/mol. The van der Waals surface area contributed by atoms with Crippen LogP contribution in [0.5, 0.6) is 0 Å². The molecule has 2 aromatic rings. The number of para-hydroxylation sites is 1. The van der Waals surface area contributed by atoms with Crippen LogP contribution in [0.1, 0.15) is 11.6 Å². The third-order valence-electron chi connectivity index (χ3n) is 3.52. The van der Waals surface area contributed by atoms with E-state index in [-0.39, 0.29) is 0 Å². The van der Waals surface area contributed by atoms with E-state index in [9.17, 15) is 0 Å². The van der Waals surface area contributed by atoms with Gasteiger partial charge in [-0.15, -0.1) is 0 Å². The van der Waals surface area contributed by atoms with Crippen LogP contribution >= 0.6 is 0 Å². The zero-order valence-electron chi connectivity index (χ0n) is 11.9. The third-order valence-corrected chi connectivity index (χ3v) is 3.52. The number of rotatable bonds is 2. The smallest absolute Gasteiger partial charge is 0.0667 e. The lowest BCUT2D eigenvalue weighted by Gasteiger charge is -2.38. The number of anilines is 1. The lowest BCUT2D eigenvalue weighted by molar-refractivity contribution is 0.399. The van der Waals surface area contributed by atoms with Gasteiger partial charge >= 0.3 is 0 Å². The van der Waals surface area contributed by atoms with Crippen LogP contribution in [0.3, 0.4) is 0 Å². The molecule has 2 N–H and O–H groups in total. The Labute approximate surface area is 120 Å². The van der Waals surface area contributed by atoms with Gasteiger partial charge in [-0.3, -0.25) is 0 Å². The van der Waals surface area contributed by atoms with Gasteiger partial charge < -0.3 is 15.3 Å². The van der Waals surface area contributed by atoms with Gasteiger partial charge in [0.1, 0.15) is 0 Å². The van der Waals surface area contributed by atoms with Gasteiger partial charge in [-0.05, 0) is 17.7 Å². The minimum Gasteiger partial charge on any atom is -0.400 e. The lowest BCUT2D eigenvalue weighted by Crippen LogP contribution is -2.46. The van der Waals surface area contributed by atoms with Crippen molar-refractivity contribution < 1.29 is 5.11 Å². The Morgan fingerprint density at radius 2 is 1.55 bits per heavy atom. The van der Waals surface area contributed by atoms with Gasteiger partial charge in [0, 0.05) is 32.4 Å². The highest BCUT2D eigenvalue weighted by Gasteiger charge is 2.23. The fourth-order valence-corrected chi connectivity index (χ4v) is 2.61. The Morgan fingerprint density at radius 1 is 0.950 bits per heavy atom. The SMILES string of the molecule is CO.c1ccc(C2CNCCN2c2ccccc2)cc1. The van der Waals surface area contributed by atoms with Crippen LogP contribution in [-0.2, 0) is 0 Å². The number of hydrogen-bond acceptors (Lipinski definition) is 3. The van der Waals surface area contributed by atoms with Crippen molar-refractivity contribution >= 4 is 5.69 Å². The van der Waals surface area contributed by atoms with Gasteiger partial charge in [-0.2, -0.15) is 0 Å². The molecule has 0 aliphatic carbocycles. The van der Waals surface area contributed by atoms with E-state index in [1.165, 1.54) is 11.3 Å². The molecular formula is C17H22N2O. The normalized spacial score (nSPS) is 18.1. The fraction of sp³-hybridized carbons (Fsp3) is 0.294. The molecule has 0 radical (unpaired) electrons. The lowest BCUT2D eigenvalue weighted by atomic mass is 10.0. The highest BCUT2D eigenvalue weighted by molar-refractivity contribution is 5.49. The molecule has 3 heteroatoms. The van der Waals surface area contributed by atoms with Crippen molar-refractivity contribution in [1.29, 1.82) is 0 Å². The van der Waals surface area contributed by atoms with Crippen molar-refractivity contribution in [2.24, 2.45) is 0 Å². The van der Waals surface area contributed by atoms with Crippen LogP contribution in [-0.4, -0.2) is 31.9 Å². The summed E-state index contributed by atoms with van der Waals surface area (Å²) in [6.45, 7) is 3.13. The van der Waals surface area contributed by atoms with Crippen LogP contribution in [0.2, 0.25) is 0 Å². The maximum absolute atomic E-state index is 7.00. The standard InChI is InChI=1S/C16H18N2.CH4O/c1-3-7-14(8-4-1)16-13-17-11-12-18(16)15-9-5-2-6-10-15;1-2/h1-10,16-17H,11-13H2;2H,1H3. The number of benzene rings is 2. The molecular weight excluding hydrogens is 248 g/mol. The summed E-state index contributed by atoms with van der Waals surface area (Å²) in [4.78, 5) is 2.49. The maximum Gasteiger partial charge on any atom is 0.0667 e. The first-order valence-corrected chi connectivity index (χ1v) is 6.97. The number of nitrogens with zero attached hydrogens (tertiary/aromatic N) is 1. The van der Waals surface area contributed by atoms with E-state index in [1.54, 1.807) is 0 Å². The summed E-state index contributed by atoms with van der Waals surface area (Å²) in [5, 5.41) is 10.5. The predicted octanol–water partition coefficient (Wildman–Crippen LogP) is 2.45. The van der Waals surface area contributed by atoms with Crippen molar-refractivity contribution in [3.8, 4) is 0 Å². The third kappa shape index (κ3) is 3.38. The van der Waals surface area contributed by atoms with E-state index < -0.39 is 0 Å². The molecule has 1 atom stereocenters. The molecule has 1 unspecified atom stereocenters. The summed E-state index contributed by atoms with van der Waals surface area (Å²) < 4.78 is 0. The number of hydrogen-bond donors (Lipinski definition) is 2. The van der Waals surface area contributed by atoms with E-state index in [0.29, 0.717) is 6.04 Å². The molecule has 1 aliphatic heterocycles. The topological polar surface area (TPSA) is 35.5 Å². The Kier molecular flexibility index (Phi) is 5.59. The van der Waals surface area contributed by atoms with Crippen molar-refractivity contribution in [1.82, 2.24) is 5.32 Å². The first kappa shape index (κ1) is 14.6. The minimum absolute atomic E-state index is 0.433. The average molecular weight is 270 g/mol. The van der Waals surface area contributed by atoms with Crippen LogP contribution in [0, 0.1) is 0 Å². The zero-order chi connectivity index (χ0) is 14.2. The summed E-state index contributed by atoms with van der Waals surface area (Å²) in [6.07, 6.45) is 0. The zero-order valence-corrected chi connectivity index (χ0v) is 11.9. The van der Waals surface area contributed by atoms with Crippen LogP contribution < -0.4 is 10.2 Å². The van der Waals surface area contributed by atoms with Crippen molar-refractivity contribution in [2.75, 3.05) is 31.6 Å². The van der Waals surface area contributed by atoms with E-state index in [2.05, 4.69) is 70.9 Å².